The van der Waals surface area contributed by atoms with E-state index < -0.39 is 8.32 Å². The molecule has 3 rings (SSSR count). The van der Waals surface area contributed by atoms with Crippen molar-refractivity contribution in [3.63, 3.8) is 0 Å². The van der Waals surface area contributed by atoms with Crippen molar-refractivity contribution >= 4 is 14.1 Å². The molecule has 0 bridgehead atoms. The van der Waals surface area contributed by atoms with Crippen molar-refractivity contribution in [2.24, 2.45) is 11.3 Å². The first kappa shape index (κ1) is 21.2. The lowest BCUT2D eigenvalue weighted by atomic mass is 9.77. The second-order valence-corrected chi connectivity index (χ2v) is 14.6. The van der Waals surface area contributed by atoms with Crippen LogP contribution in [0.25, 0.3) is 0 Å². The minimum atomic E-state index is -2.02. The van der Waals surface area contributed by atoms with Gasteiger partial charge in [-0.05, 0) is 61.5 Å². The Morgan fingerprint density at radius 2 is 1.93 bits per heavy atom. The molecule has 0 radical (unpaired) electrons. The fraction of sp³-hybridized carbons (Fsp3) is 0.625. The summed E-state index contributed by atoms with van der Waals surface area (Å²) in [5, 5.41) is 0.110. The van der Waals surface area contributed by atoms with Crippen LogP contribution in [0.2, 0.25) is 18.1 Å². The van der Waals surface area contributed by atoms with Crippen LogP contribution in [0.4, 0.5) is 0 Å². The second-order valence-electron chi connectivity index (χ2n) is 9.90. The second kappa shape index (κ2) is 8.06. The fourth-order valence-electron chi connectivity index (χ4n) is 4.45. The van der Waals surface area contributed by atoms with E-state index in [0.29, 0.717) is 24.7 Å². The molecular formula is C24H36O3Si. The summed E-state index contributed by atoms with van der Waals surface area (Å²) >= 11 is 0. The normalized spacial score (nSPS) is 25.7. The zero-order chi connectivity index (χ0) is 20.4. The summed E-state index contributed by atoms with van der Waals surface area (Å²) in [4.78, 5) is 13.1. The van der Waals surface area contributed by atoms with Crippen LogP contribution in [0.3, 0.4) is 0 Å². The number of fused-ring (bicyclic) bond motifs is 1. The lowest BCUT2D eigenvalue weighted by Gasteiger charge is -2.42. The van der Waals surface area contributed by atoms with Crippen LogP contribution in [0.5, 0.6) is 5.75 Å². The summed E-state index contributed by atoms with van der Waals surface area (Å²) in [6, 6.07) is 9.90. The van der Waals surface area contributed by atoms with Gasteiger partial charge < -0.3 is 9.16 Å². The SMILES string of the molecule is CC(C)(C)[Si](C)(C)OC(=CCCOc1ccccc1)C12CCCC1CCC2=O. The number of benzene rings is 1. The third-order valence-electron chi connectivity index (χ3n) is 7.11. The van der Waals surface area contributed by atoms with Crippen molar-refractivity contribution in [3.8, 4) is 5.75 Å². The number of allylic oxidation sites excluding steroid dienone is 1. The molecule has 0 aromatic heterocycles. The Hall–Kier alpha value is -1.55. The maximum Gasteiger partial charge on any atom is 0.250 e. The topological polar surface area (TPSA) is 35.5 Å². The minimum absolute atomic E-state index is 0.110. The Bertz CT molecular complexity index is 717. The van der Waals surface area contributed by atoms with Gasteiger partial charge in [0, 0.05) is 12.8 Å². The maximum absolute atomic E-state index is 13.1. The molecular weight excluding hydrogens is 364 g/mol. The number of ketones is 1. The predicted molar refractivity (Wildman–Crippen MR) is 117 cm³/mol. The van der Waals surface area contributed by atoms with Crippen molar-refractivity contribution in [2.45, 2.75) is 77.4 Å². The number of Topliss-reactive ketones (excluding diaryl/α,β-unsaturated/α-hetero) is 1. The Morgan fingerprint density at radius 1 is 1.21 bits per heavy atom. The van der Waals surface area contributed by atoms with Gasteiger partial charge in [0.05, 0.1) is 17.8 Å². The molecule has 0 aliphatic heterocycles. The van der Waals surface area contributed by atoms with Gasteiger partial charge >= 0.3 is 0 Å². The Balaban J connectivity index is 1.81. The number of ether oxygens (including phenoxy) is 1. The molecule has 28 heavy (non-hydrogen) atoms. The van der Waals surface area contributed by atoms with Crippen molar-refractivity contribution in [3.05, 3.63) is 42.2 Å². The molecule has 1 aromatic rings. The highest BCUT2D eigenvalue weighted by Gasteiger charge is 2.57. The van der Waals surface area contributed by atoms with Crippen LogP contribution in [-0.4, -0.2) is 20.7 Å². The average Bonchev–Trinajstić information content (AvgIpc) is 3.19. The minimum Gasteiger partial charge on any atom is -0.546 e. The largest absolute Gasteiger partial charge is 0.546 e. The molecule has 3 nitrogen and oxygen atoms in total. The van der Waals surface area contributed by atoms with Gasteiger partial charge in [0.25, 0.3) is 0 Å². The van der Waals surface area contributed by atoms with Crippen molar-refractivity contribution in [1.82, 2.24) is 0 Å². The maximum atomic E-state index is 13.1. The molecule has 0 N–H and O–H groups in total. The molecule has 2 aliphatic rings. The summed E-state index contributed by atoms with van der Waals surface area (Å²) in [6.45, 7) is 11.9. The van der Waals surface area contributed by atoms with Gasteiger partial charge in [-0.2, -0.15) is 0 Å². The molecule has 0 saturated heterocycles. The van der Waals surface area contributed by atoms with Gasteiger partial charge in [0.1, 0.15) is 11.5 Å². The van der Waals surface area contributed by atoms with E-state index in [9.17, 15) is 4.79 Å². The molecule has 2 unspecified atom stereocenters. The highest BCUT2D eigenvalue weighted by Crippen LogP contribution is 2.57. The summed E-state index contributed by atoms with van der Waals surface area (Å²) in [5.74, 6) is 2.73. The van der Waals surface area contributed by atoms with Crippen LogP contribution in [0.15, 0.2) is 42.2 Å². The van der Waals surface area contributed by atoms with E-state index in [1.807, 2.05) is 30.3 Å². The molecule has 1 aromatic carbocycles. The number of carbonyl (C=O) groups is 1. The monoisotopic (exact) mass is 400 g/mol. The van der Waals surface area contributed by atoms with Gasteiger partial charge in [-0.3, -0.25) is 4.79 Å². The van der Waals surface area contributed by atoms with Gasteiger partial charge in [-0.15, -0.1) is 0 Å². The quantitative estimate of drug-likeness (QED) is 0.297. The number of hydrogen-bond acceptors (Lipinski definition) is 3. The first-order valence-electron chi connectivity index (χ1n) is 10.8. The summed E-state index contributed by atoms with van der Waals surface area (Å²) in [5.41, 5.74) is -0.359. The van der Waals surface area contributed by atoms with E-state index in [1.54, 1.807) is 0 Å². The van der Waals surface area contributed by atoms with Crippen LogP contribution in [-0.2, 0) is 9.22 Å². The lowest BCUT2D eigenvalue weighted by molar-refractivity contribution is -0.125. The standard InChI is InChI=1S/C24H36O3Si/c1-23(2,3)28(4,5)27-22(14-10-18-26-20-12-7-6-8-13-20)24-17-9-11-19(24)15-16-21(24)25/h6-8,12-14,19H,9-11,15-18H2,1-5H3. The summed E-state index contributed by atoms with van der Waals surface area (Å²) in [7, 11) is -2.02. The molecule has 2 saturated carbocycles. The predicted octanol–water partition coefficient (Wildman–Crippen LogP) is 6.51. The summed E-state index contributed by atoms with van der Waals surface area (Å²) < 4.78 is 12.7. The number of para-hydroxylation sites is 1. The average molecular weight is 401 g/mol. The molecule has 2 fully saturated rings. The molecule has 154 valence electrons. The van der Waals surface area contributed by atoms with E-state index in [1.165, 1.54) is 0 Å². The van der Waals surface area contributed by atoms with Gasteiger partial charge in [-0.25, -0.2) is 0 Å². The number of rotatable bonds is 7. The molecule has 4 heteroatoms. The Labute approximate surface area is 171 Å². The van der Waals surface area contributed by atoms with E-state index >= 15 is 0 Å². The third-order valence-corrected chi connectivity index (χ3v) is 11.5. The molecule has 0 amide bonds. The first-order valence-corrected chi connectivity index (χ1v) is 13.7. The highest BCUT2D eigenvalue weighted by molar-refractivity contribution is 6.74. The first-order chi connectivity index (χ1) is 13.2. The molecule has 2 atom stereocenters. The van der Waals surface area contributed by atoms with Gasteiger partial charge in [0.2, 0.25) is 8.32 Å². The Kier molecular flexibility index (Phi) is 6.09. The van der Waals surface area contributed by atoms with Crippen LogP contribution in [0.1, 0.15) is 59.3 Å². The number of hydrogen-bond donors (Lipinski definition) is 0. The zero-order valence-electron chi connectivity index (χ0n) is 18.2. The highest BCUT2D eigenvalue weighted by atomic mass is 28.4. The van der Waals surface area contributed by atoms with Crippen LogP contribution < -0.4 is 4.74 Å². The number of carbonyl (C=O) groups excluding carboxylic acids is 1. The van der Waals surface area contributed by atoms with E-state index in [4.69, 9.17) is 9.16 Å². The summed E-state index contributed by atoms with van der Waals surface area (Å²) in [6.07, 6.45) is 7.93. The smallest absolute Gasteiger partial charge is 0.250 e. The lowest BCUT2D eigenvalue weighted by Crippen LogP contribution is -2.44. The van der Waals surface area contributed by atoms with E-state index in [-0.39, 0.29) is 10.5 Å². The van der Waals surface area contributed by atoms with Gasteiger partial charge in [0.15, 0.2) is 0 Å². The van der Waals surface area contributed by atoms with E-state index in [2.05, 4.69) is 39.9 Å². The zero-order valence-corrected chi connectivity index (χ0v) is 19.2. The Morgan fingerprint density at radius 3 is 2.61 bits per heavy atom. The van der Waals surface area contributed by atoms with Crippen molar-refractivity contribution in [1.29, 1.82) is 0 Å². The van der Waals surface area contributed by atoms with Crippen molar-refractivity contribution in [2.75, 3.05) is 6.61 Å². The molecule has 0 spiro atoms. The van der Waals surface area contributed by atoms with Crippen molar-refractivity contribution < 1.29 is 14.0 Å². The van der Waals surface area contributed by atoms with E-state index in [0.717, 1.165) is 43.6 Å². The van der Waals surface area contributed by atoms with Crippen LogP contribution in [0, 0.1) is 11.3 Å². The van der Waals surface area contributed by atoms with Gasteiger partial charge in [-0.1, -0.05) is 45.4 Å². The fourth-order valence-corrected chi connectivity index (χ4v) is 5.57. The molecule has 2 aliphatic carbocycles. The van der Waals surface area contributed by atoms with Crippen LogP contribution >= 0.6 is 0 Å². The molecule has 0 heterocycles. The third kappa shape index (κ3) is 4.07.